The molecular weight excluding hydrogens is 558 g/mol. The highest BCUT2D eigenvalue weighted by molar-refractivity contribution is 9.10. The molecular formula is C23H13BrCl4N2O2. The molecule has 3 aromatic carbocycles. The summed E-state index contributed by atoms with van der Waals surface area (Å²) in [5.41, 5.74) is 1.52. The maximum absolute atomic E-state index is 12.5. The Hall–Kier alpha value is -2.20. The fraction of sp³-hybridized carbons (Fsp3) is 0.0435. The van der Waals surface area contributed by atoms with Crippen LogP contribution in [0.4, 0.5) is 5.69 Å². The van der Waals surface area contributed by atoms with Crippen molar-refractivity contribution in [1.29, 1.82) is 5.26 Å². The number of anilines is 1. The topological polar surface area (TPSA) is 62.1 Å². The number of nitrogens with zero attached hydrogens (tertiary/aromatic N) is 1. The highest BCUT2D eigenvalue weighted by Crippen LogP contribution is 2.36. The first kappa shape index (κ1) is 24.4. The lowest BCUT2D eigenvalue weighted by Crippen LogP contribution is -2.13. The molecule has 4 nitrogen and oxygen atoms in total. The number of amides is 1. The number of nitriles is 1. The summed E-state index contributed by atoms with van der Waals surface area (Å²) in [6, 6.07) is 17.4. The molecule has 0 saturated heterocycles. The standard InChI is InChI=1S/C23H13BrCl4N2O2/c24-16-6-4-13(5-7-16)12-32-22-18(26)9-14(10-19(22)27)8-15(11-29)23(31)30-20-3-1-2-17(25)21(20)28/h1-10H,12H2,(H,30,31)/b15-8-. The Bertz CT molecular complexity index is 1210. The van der Waals surface area contributed by atoms with Gasteiger partial charge in [0.2, 0.25) is 0 Å². The average Bonchev–Trinajstić information content (AvgIpc) is 2.76. The monoisotopic (exact) mass is 568 g/mol. The van der Waals surface area contributed by atoms with Crippen LogP contribution in [0.15, 0.2) is 64.6 Å². The zero-order chi connectivity index (χ0) is 23.3. The van der Waals surface area contributed by atoms with E-state index >= 15 is 0 Å². The quantitative estimate of drug-likeness (QED) is 0.240. The number of rotatable bonds is 6. The Morgan fingerprint density at radius 3 is 2.31 bits per heavy atom. The molecule has 0 spiro atoms. The zero-order valence-corrected chi connectivity index (χ0v) is 20.7. The Labute approximate surface area is 213 Å². The Kier molecular flexibility index (Phi) is 8.47. The molecule has 0 saturated carbocycles. The average molecular weight is 571 g/mol. The van der Waals surface area contributed by atoms with Crippen molar-refractivity contribution in [3.05, 3.63) is 95.9 Å². The fourth-order valence-electron chi connectivity index (χ4n) is 2.64. The minimum Gasteiger partial charge on any atom is -0.486 e. The number of hydrogen-bond acceptors (Lipinski definition) is 3. The second kappa shape index (κ2) is 11.1. The molecule has 1 N–H and O–H groups in total. The summed E-state index contributed by atoms with van der Waals surface area (Å²) in [4.78, 5) is 12.5. The number of benzene rings is 3. The van der Waals surface area contributed by atoms with Crippen molar-refractivity contribution in [2.45, 2.75) is 6.61 Å². The van der Waals surface area contributed by atoms with Gasteiger partial charge in [0.1, 0.15) is 18.2 Å². The highest BCUT2D eigenvalue weighted by Gasteiger charge is 2.15. The van der Waals surface area contributed by atoms with Gasteiger partial charge in [-0.25, -0.2) is 0 Å². The van der Waals surface area contributed by atoms with Crippen molar-refractivity contribution in [2.75, 3.05) is 5.32 Å². The molecule has 1 amide bonds. The first-order valence-corrected chi connectivity index (χ1v) is 11.3. The zero-order valence-electron chi connectivity index (χ0n) is 16.1. The lowest BCUT2D eigenvalue weighted by atomic mass is 10.1. The summed E-state index contributed by atoms with van der Waals surface area (Å²) in [6.07, 6.45) is 1.37. The molecule has 0 heterocycles. The van der Waals surface area contributed by atoms with Crippen molar-refractivity contribution >= 4 is 80.0 Å². The van der Waals surface area contributed by atoms with Gasteiger partial charge in [0.05, 0.1) is 25.8 Å². The molecule has 3 rings (SSSR count). The molecule has 0 bridgehead atoms. The molecule has 32 heavy (non-hydrogen) atoms. The Morgan fingerprint density at radius 1 is 1.03 bits per heavy atom. The van der Waals surface area contributed by atoms with Crippen LogP contribution in [-0.2, 0) is 11.4 Å². The maximum Gasteiger partial charge on any atom is 0.266 e. The largest absolute Gasteiger partial charge is 0.486 e. The van der Waals surface area contributed by atoms with E-state index in [-0.39, 0.29) is 38.0 Å². The van der Waals surface area contributed by atoms with Gasteiger partial charge in [0, 0.05) is 4.47 Å². The van der Waals surface area contributed by atoms with Crippen molar-refractivity contribution in [3.63, 3.8) is 0 Å². The first-order chi connectivity index (χ1) is 15.3. The van der Waals surface area contributed by atoms with Gasteiger partial charge in [-0.15, -0.1) is 0 Å². The van der Waals surface area contributed by atoms with Crippen LogP contribution in [-0.4, -0.2) is 5.91 Å². The van der Waals surface area contributed by atoms with E-state index in [4.69, 9.17) is 51.1 Å². The molecule has 0 aliphatic carbocycles. The summed E-state index contributed by atoms with van der Waals surface area (Å²) in [6.45, 7) is 0.272. The van der Waals surface area contributed by atoms with Gasteiger partial charge in [-0.1, -0.05) is 80.5 Å². The third-order valence-corrected chi connectivity index (χ3v) is 6.10. The fourth-order valence-corrected chi connectivity index (χ4v) is 3.87. The van der Waals surface area contributed by atoms with E-state index in [0.29, 0.717) is 11.3 Å². The van der Waals surface area contributed by atoms with E-state index in [1.165, 1.54) is 6.08 Å². The number of halogens is 5. The molecule has 0 unspecified atom stereocenters. The normalized spacial score (nSPS) is 11.1. The second-order valence-electron chi connectivity index (χ2n) is 6.45. The predicted octanol–water partition coefficient (Wildman–Crippen LogP) is 8.19. The van der Waals surface area contributed by atoms with Crippen LogP contribution < -0.4 is 10.1 Å². The van der Waals surface area contributed by atoms with Crippen LogP contribution in [0.3, 0.4) is 0 Å². The second-order valence-corrected chi connectivity index (χ2v) is 8.97. The van der Waals surface area contributed by atoms with Gasteiger partial charge in [-0.2, -0.15) is 5.26 Å². The smallest absolute Gasteiger partial charge is 0.266 e. The van der Waals surface area contributed by atoms with E-state index in [2.05, 4.69) is 21.2 Å². The molecule has 162 valence electrons. The first-order valence-electron chi connectivity index (χ1n) is 9.02. The molecule has 0 radical (unpaired) electrons. The van der Waals surface area contributed by atoms with E-state index < -0.39 is 5.91 Å². The van der Waals surface area contributed by atoms with Gasteiger partial charge in [-0.3, -0.25) is 4.79 Å². The number of ether oxygens (including phenoxy) is 1. The Morgan fingerprint density at radius 2 is 1.69 bits per heavy atom. The summed E-state index contributed by atoms with van der Waals surface area (Å²) in [7, 11) is 0. The van der Waals surface area contributed by atoms with E-state index in [0.717, 1.165) is 10.0 Å². The van der Waals surface area contributed by atoms with Gasteiger partial charge >= 0.3 is 0 Å². The third-order valence-electron chi connectivity index (χ3n) is 4.19. The van der Waals surface area contributed by atoms with E-state index in [1.54, 1.807) is 30.3 Å². The third kappa shape index (κ3) is 6.19. The van der Waals surface area contributed by atoms with Crippen molar-refractivity contribution < 1.29 is 9.53 Å². The molecule has 3 aromatic rings. The molecule has 0 aromatic heterocycles. The number of hydrogen-bond donors (Lipinski definition) is 1. The van der Waals surface area contributed by atoms with Crippen molar-refractivity contribution in [2.24, 2.45) is 0 Å². The molecule has 0 atom stereocenters. The minimum atomic E-state index is -0.653. The van der Waals surface area contributed by atoms with Gasteiger partial charge in [0.25, 0.3) is 5.91 Å². The summed E-state index contributed by atoms with van der Waals surface area (Å²) < 4.78 is 6.72. The maximum atomic E-state index is 12.5. The van der Waals surface area contributed by atoms with Crippen LogP contribution in [0.1, 0.15) is 11.1 Å². The van der Waals surface area contributed by atoms with Crippen LogP contribution >= 0.6 is 62.3 Å². The van der Waals surface area contributed by atoms with Crippen LogP contribution in [0.2, 0.25) is 20.1 Å². The van der Waals surface area contributed by atoms with Gasteiger partial charge < -0.3 is 10.1 Å². The summed E-state index contributed by atoms with van der Waals surface area (Å²) in [5.74, 6) is -0.346. The predicted molar refractivity (Wildman–Crippen MR) is 134 cm³/mol. The Balaban J connectivity index is 1.78. The minimum absolute atomic E-state index is 0.170. The molecule has 0 fully saturated rings. The summed E-state index contributed by atoms with van der Waals surface area (Å²) in [5, 5.41) is 13.0. The molecule has 0 aliphatic rings. The lowest BCUT2D eigenvalue weighted by Gasteiger charge is -2.11. The number of carbonyl (C=O) groups excluding carboxylic acids is 1. The molecule has 0 aliphatic heterocycles. The van der Waals surface area contributed by atoms with Crippen LogP contribution in [0.25, 0.3) is 6.08 Å². The number of carbonyl (C=O) groups is 1. The SMILES string of the molecule is N#C/C(=C/c1cc(Cl)c(OCc2ccc(Br)cc2)c(Cl)c1)C(=O)Nc1cccc(Cl)c1Cl. The van der Waals surface area contributed by atoms with E-state index in [1.807, 2.05) is 30.3 Å². The summed E-state index contributed by atoms with van der Waals surface area (Å²) >= 11 is 28.1. The van der Waals surface area contributed by atoms with Crippen LogP contribution in [0.5, 0.6) is 5.75 Å². The van der Waals surface area contributed by atoms with Crippen molar-refractivity contribution in [3.8, 4) is 11.8 Å². The highest BCUT2D eigenvalue weighted by atomic mass is 79.9. The molecule has 9 heteroatoms. The van der Waals surface area contributed by atoms with Crippen molar-refractivity contribution in [1.82, 2.24) is 0 Å². The number of nitrogens with one attached hydrogen (secondary N) is 1. The van der Waals surface area contributed by atoms with Gasteiger partial charge in [0.15, 0.2) is 5.75 Å². The van der Waals surface area contributed by atoms with Gasteiger partial charge in [-0.05, 0) is 53.6 Å². The lowest BCUT2D eigenvalue weighted by molar-refractivity contribution is -0.112. The van der Waals surface area contributed by atoms with E-state index in [9.17, 15) is 10.1 Å². The van der Waals surface area contributed by atoms with Crippen LogP contribution in [0, 0.1) is 11.3 Å².